The van der Waals surface area contributed by atoms with Gasteiger partial charge in [0.1, 0.15) is 11.6 Å². The van der Waals surface area contributed by atoms with E-state index in [1.165, 1.54) is 10.8 Å². The van der Waals surface area contributed by atoms with Crippen LogP contribution in [0.1, 0.15) is 30.5 Å². The second kappa shape index (κ2) is 7.45. The zero-order valence-corrected chi connectivity index (χ0v) is 15.3. The lowest BCUT2D eigenvalue weighted by atomic mass is 10.1. The van der Waals surface area contributed by atoms with Crippen molar-refractivity contribution in [2.24, 2.45) is 10.9 Å². The standard InChI is InChI=1S/C18H18BrN3O2/c1-11(2)10-22-17(23)15(8-20)12(3)16(18(22)24)9-21-14-6-4-5-13(19)7-14/h4-7,9,11,24H,10H2,1-3H3. The van der Waals surface area contributed by atoms with Gasteiger partial charge in [0.05, 0.1) is 11.3 Å². The molecule has 0 saturated heterocycles. The summed E-state index contributed by atoms with van der Waals surface area (Å²) in [7, 11) is 0. The van der Waals surface area contributed by atoms with E-state index in [2.05, 4.69) is 20.9 Å². The molecule has 0 spiro atoms. The van der Waals surface area contributed by atoms with Gasteiger partial charge in [0, 0.05) is 17.2 Å². The van der Waals surface area contributed by atoms with Crippen molar-refractivity contribution < 1.29 is 5.11 Å². The van der Waals surface area contributed by atoms with Crippen LogP contribution < -0.4 is 5.56 Å². The van der Waals surface area contributed by atoms with E-state index in [0.29, 0.717) is 23.4 Å². The third kappa shape index (κ3) is 3.74. The number of halogens is 1. The number of aromatic hydroxyl groups is 1. The smallest absolute Gasteiger partial charge is 0.271 e. The van der Waals surface area contributed by atoms with Crippen molar-refractivity contribution in [2.45, 2.75) is 27.3 Å². The number of pyridine rings is 1. The van der Waals surface area contributed by atoms with Gasteiger partial charge in [-0.25, -0.2) is 0 Å². The maximum atomic E-state index is 12.4. The molecule has 2 aromatic rings. The van der Waals surface area contributed by atoms with E-state index in [4.69, 9.17) is 0 Å². The average Bonchev–Trinajstić information content (AvgIpc) is 2.52. The molecule has 0 unspecified atom stereocenters. The highest BCUT2D eigenvalue weighted by Crippen LogP contribution is 2.23. The fraction of sp³-hybridized carbons (Fsp3) is 0.278. The van der Waals surface area contributed by atoms with Gasteiger partial charge in [-0.15, -0.1) is 0 Å². The van der Waals surface area contributed by atoms with Gasteiger partial charge in [-0.3, -0.25) is 14.4 Å². The fourth-order valence-electron chi connectivity index (χ4n) is 2.36. The number of rotatable bonds is 4. The summed E-state index contributed by atoms with van der Waals surface area (Å²) in [5.41, 5.74) is 1.07. The van der Waals surface area contributed by atoms with Gasteiger partial charge in [0.2, 0.25) is 5.88 Å². The zero-order valence-electron chi connectivity index (χ0n) is 13.7. The second-order valence-electron chi connectivity index (χ2n) is 5.90. The first-order valence-electron chi connectivity index (χ1n) is 7.51. The summed E-state index contributed by atoms with van der Waals surface area (Å²) in [4.78, 5) is 16.7. The van der Waals surface area contributed by atoms with Crippen molar-refractivity contribution in [1.29, 1.82) is 5.26 Å². The van der Waals surface area contributed by atoms with Crippen LogP contribution in [0.25, 0.3) is 0 Å². The Bertz CT molecular complexity index is 892. The Morgan fingerprint density at radius 1 is 1.46 bits per heavy atom. The third-order valence-corrected chi connectivity index (χ3v) is 4.04. The summed E-state index contributed by atoms with van der Waals surface area (Å²) in [6.07, 6.45) is 1.49. The quantitative estimate of drug-likeness (QED) is 0.807. The van der Waals surface area contributed by atoms with Crippen molar-refractivity contribution in [3.8, 4) is 11.9 Å². The van der Waals surface area contributed by atoms with Crippen molar-refractivity contribution in [3.63, 3.8) is 0 Å². The molecule has 6 heteroatoms. The molecule has 0 bridgehead atoms. The highest BCUT2D eigenvalue weighted by molar-refractivity contribution is 9.10. The highest BCUT2D eigenvalue weighted by Gasteiger charge is 2.18. The van der Waals surface area contributed by atoms with Crippen LogP contribution in [0.2, 0.25) is 0 Å². The predicted molar refractivity (Wildman–Crippen MR) is 98.1 cm³/mol. The van der Waals surface area contributed by atoms with Gasteiger partial charge < -0.3 is 5.11 Å². The third-order valence-electron chi connectivity index (χ3n) is 3.55. The Hall–Kier alpha value is -2.39. The fourth-order valence-corrected chi connectivity index (χ4v) is 2.74. The molecule has 124 valence electrons. The number of nitrogens with zero attached hydrogens (tertiary/aromatic N) is 3. The minimum Gasteiger partial charge on any atom is -0.494 e. The van der Waals surface area contributed by atoms with Crippen LogP contribution in [0.4, 0.5) is 5.69 Å². The van der Waals surface area contributed by atoms with Gasteiger partial charge in [-0.2, -0.15) is 5.26 Å². The molecule has 0 amide bonds. The molecule has 0 aliphatic rings. The van der Waals surface area contributed by atoms with E-state index in [1.807, 2.05) is 44.2 Å². The maximum absolute atomic E-state index is 12.4. The Morgan fingerprint density at radius 2 is 2.17 bits per heavy atom. The van der Waals surface area contributed by atoms with Crippen molar-refractivity contribution in [2.75, 3.05) is 0 Å². The summed E-state index contributed by atoms with van der Waals surface area (Å²) in [6.45, 7) is 5.85. The minimum absolute atomic E-state index is 0.0316. The Labute approximate surface area is 149 Å². The summed E-state index contributed by atoms with van der Waals surface area (Å²) < 4.78 is 2.12. The normalized spacial score (nSPS) is 11.2. The van der Waals surface area contributed by atoms with E-state index in [9.17, 15) is 15.2 Å². The molecule has 0 saturated carbocycles. The van der Waals surface area contributed by atoms with Crippen LogP contribution in [0, 0.1) is 24.2 Å². The molecule has 1 heterocycles. The lowest BCUT2D eigenvalue weighted by Gasteiger charge is -2.15. The van der Waals surface area contributed by atoms with Crippen LogP contribution in [0.5, 0.6) is 5.88 Å². The molecule has 0 atom stereocenters. The molecule has 0 radical (unpaired) electrons. The van der Waals surface area contributed by atoms with Crippen molar-refractivity contribution in [1.82, 2.24) is 4.57 Å². The molecule has 1 aromatic heterocycles. The van der Waals surface area contributed by atoms with Crippen LogP contribution in [0.15, 0.2) is 38.5 Å². The van der Waals surface area contributed by atoms with Gasteiger partial charge in [-0.05, 0) is 36.6 Å². The van der Waals surface area contributed by atoms with E-state index >= 15 is 0 Å². The predicted octanol–water partition coefficient (Wildman–Crippen LogP) is 3.90. The summed E-state index contributed by atoms with van der Waals surface area (Å²) >= 11 is 3.38. The molecule has 0 aliphatic heterocycles. The number of benzene rings is 1. The van der Waals surface area contributed by atoms with Crippen LogP contribution in [-0.4, -0.2) is 15.9 Å². The summed E-state index contributed by atoms with van der Waals surface area (Å²) in [5.74, 6) is -0.0123. The van der Waals surface area contributed by atoms with E-state index in [0.717, 1.165) is 4.47 Å². The zero-order chi connectivity index (χ0) is 17.9. The Balaban J connectivity index is 2.61. The molecule has 24 heavy (non-hydrogen) atoms. The topological polar surface area (TPSA) is 78.4 Å². The van der Waals surface area contributed by atoms with Crippen LogP contribution >= 0.6 is 15.9 Å². The molecule has 2 rings (SSSR count). The number of hydrogen-bond acceptors (Lipinski definition) is 4. The second-order valence-corrected chi connectivity index (χ2v) is 6.81. The molecular weight excluding hydrogens is 370 g/mol. The average molecular weight is 388 g/mol. The summed E-state index contributed by atoms with van der Waals surface area (Å²) in [5, 5.41) is 19.8. The number of hydrogen-bond donors (Lipinski definition) is 1. The molecular formula is C18H18BrN3O2. The molecule has 1 N–H and O–H groups in total. The highest BCUT2D eigenvalue weighted by atomic mass is 79.9. The SMILES string of the molecule is Cc1c(C=Nc2cccc(Br)c2)c(O)n(CC(C)C)c(=O)c1C#N. The first kappa shape index (κ1) is 18.0. The lowest BCUT2D eigenvalue weighted by Crippen LogP contribution is -2.27. The van der Waals surface area contributed by atoms with Crippen LogP contribution in [-0.2, 0) is 6.54 Å². The number of aromatic nitrogens is 1. The van der Waals surface area contributed by atoms with Gasteiger partial charge in [0.15, 0.2) is 0 Å². The van der Waals surface area contributed by atoms with Crippen molar-refractivity contribution in [3.05, 3.63) is 55.8 Å². The van der Waals surface area contributed by atoms with Crippen molar-refractivity contribution >= 4 is 27.8 Å². The Morgan fingerprint density at radius 3 is 2.75 bits per heavy atom. The monoisotopic (exact) mass is 387 g/mol. The molecule has 0 fully saturated rings. The van der Waals surface area contributed by atoms with Crippen LogP contribution in [0.3, 0.4) is 0 Å². The first-order chi connectivity index (χ1) is 11.3. The van der Waals surface area contributed by atoms with E-state index in [-0.39, 0.29) is 17.4 Å². The first-order valence-corrected chi connectivity index (χ1v) is 8.30. The number of nitriles is 1. The van der Waals surface area contributed by atoms with E-state index < -0.39 is 5.56 Å². The minimum atomic E-state index is -0.471. The molecule has 1 aromatic carbocycles. The lowest BCUT2D eigenvalue weighted by molar-refractivity contribution is 0.381. The largest absolute Gasteiger partial charge is 0.494 e. The molecule has 0 aliphatic carbocycles. The maximum Gasteiger partial charge on any atom is 0.271 e. The van der Waals surface area contributed by atoms with Gasteiger partial charge in [0.25, 0.3) is 5.56 Å². The number of aliphatic imine (C=N–C) groups is 1. The van der Waals surface area contributed by atoms with E-state index in [1.54, 1.807) is 6.92 Å². The van der Waals surface area contributed by atoms with Gasteiger partial charge >= 0.3 is 0 Å². The Kier molecular flexibility index (Phi) is 5.58. The van der Waals surface area contributed by atoms with Gasteiger partial charge in [-0.1, -0.05) is 35.8 Å². The summed E-state index contributed by atoms with van der Waals surface area (Å²) in [6, 6.07) is 9.33. The molecule has 5 nitrogen and oxygen atoms in total.